The molecule has 2 unspecified atom stereocenters. The van der Waals surface area contributed by atoms with Crippen LogP contribution in [0.25, 0.3) is 0 Å². The van der Waals surface area contributed by atoms with E-state index >= 15 is 0 Å². The first kappa shape index (κ1) is 13.8. The Bertz CT molecular complexity index is 666. The van der Waals surface area contributed by atoms with Gasteiger partial charge in [0.05, 0.1) is 7.11 Å². The predicted molar refractivity (Wildman–Crippen MR) is 81.8 cm³/mol. The molecular formula is C18H19NO2. The van der Waals surface area contributed by atoms with Crippen LogP contribution in [0.5, 0.6) is 5.75 Å². The Kier molecular flexibility index (Phi) is 3.74. The van der Waals surface area contributed by atoms with Gasteiger partial charge in [0.15, 0.2) is 0 Å². The molecule has 3 heteroatoms. The maximum absolute atomic E-state index is 11.5. The zero-order valence-corrected chi connectivity index (χ0v) is 12.4. The van der Waals surface area contributed by atoms with Gasteiger partial charge in [-0.1, -0.05) is 18.2 Å². The van der Waals surface area contributed by atoms with Gasteiger partial charge in [0, 0.05) is 17.8 Å². The van der Waals surface area contributed by atoms with Crippen molar-refractivity contribution in [1.29, 1.82) is 0 Å². The van der Waals surface area contributed by atoms with Crippen molar-refractivity contribution in [3.63, 3.8) is 0 Å². The van der Waals surface area contributed by atoms with Crippen LogP contribution < -0.4 is 4.74 Å². The Hall–Kier alpha value is -2.16. The predicted octanol–water partition coefficient (Wildman–Crippen LogP) is 3.41. The van der Waals surface area contributed by atoms with Crippen molar-refractivity contribution in [1.82, 2.24) is 4.98 Å². The van der Waals surface area contributed by atoms with Crippen molar-refractivity contribution < 1.29 is 9.53 Å². The van der Waals surface area contributed by atoms with Crippen LogP contribution in [0, 0.1) is 6.92 Å². The lowest BCUT2D eigenvalue weighted by molar-refractivity contribution is -0.109. The summed E-state index contributed by atoms with van der Waals surface area (Å²) in [5.74, 6) is 1.10. The number of benzene rings is 1. The lowest BCUT2D eigenvalue weighted by Gasteiger charge is -2.30. The third kappa shape index (κ3) is 2.44. The summed E-state index contributed by atoms with van der Waals surface area (Å²) in [7, 11) is 1.69. The van der Waals surface area contributed by atoms with Gasteiger partial charge in [-0.25, -0.2) is 0 Å². The summed E-state index contributed by atoms with van der Waals surface area (Å²) in [6.45, 7) is 2.06. The number of hydrogen-bond donors (Lipinski definition) is 0. The van der Waals surface area contributed by atoms with Crippen LogP contribution in [0.2, 0.25) is 0 Å². The highest BCUT2D eigenvalue weighted by Crippen LogP contribution is 2.41. The summed E-state index contributed by atoms with van der Waals surface area (Å²) in [5, 5.41) is 0. The van der Waals surface area contributed by atoms with Gasteiger partial charge in [-0.3, -0.25) is 4.98 Å². The van der Waals surface area contributed by atoms with Gasteiger partial charge >= 0.3 is 0 Å². The molecule has 0 fully saturated rings. The van der Waals surface area contributed by atoms with Gasteiger partial charge in [0.25, 0.3) is 0 Å². The molecule has 2 atom stereocenters. The molecule has 1 aliphatic carbocycles. The number of aldehydes is 1. The largest absolute Gasteiger partial charge is 0.496 e. The SMILES string of the molecule is COc1ccccc1C1Cc2nccc(C)c2C(C=O)C1. The Balaban J connectivity index is 2.03. The summed E-state index contributed by atoms with van der Waals surface area (Å²) < 4.78 is 5.47. The minimum absolute atomic E-state index is 0.0719. The van der Waals surface area contributed by atoms with Crippen molar-refractivity contribution in [2.24, 2.45) is 0 Å². The normalized spacial score (nSPS) is 20.7. The van der Waals surface area contributed by atoms with E-state index in [2.05, 4.69) is 18.0 Å². The van der Waals surface area contributed by atoms with Crippen LogP contribution in [0.15, 0.2) is 36.5 Å². The Morgan fingerprint density at radius 1 is 1.29 bits per heavy atom. The highest BCUT2D eigenvalue weighted by molar-refractivity contribution is 5.65. The van der Waals surface area contributed by atoms with Crippen molar-refractivity contribution >= 4 is 6.29 Å². The van der Waals surface area contributed by atoms with E-state index in [0.29, 0.717) is 0 Å². The van der Waals surface area contributed by atoms with E-state index < -0.39 is 0 Å². The number of carbonyl (C=O) groups is 1. The molecule has 1 heterocycles. The molecule has 0 N–H and O–H groups in total. The molecule has 0 saturated heterocycles. The smallest absolute Gasteiger partial charge is 0.127 e. The number of rotatable bonds is 3. The van der Waals surface area contributed by atoms with E-state index in [0.717, 1.165) is 41.7 Å². The zero-order valence-electron chi connectivity index (χ0n) is 12.4. The fourth-order valence-electron chi connectivity index (χ4n) is 3.40. The second-order valence-corrected chi connectivity index (χ2v) is 5.61. The summed E-state index contributed by atoms with van der Waals surface area (Å²) in [5.41, 5.74) is 4.50. The minimum atomic E-state index is -0.0719. The van der Waals surface area contributed by atoms with Crippen LogP contribution in [-0.4, -0.2) is 18.4 Å². The third-order valence-electron chi connectivity index (χ3n) is 4.38. The van der Waals surface area contributed by atoms with E-state index in [1.165, 1.54) is 5.56 Å². The van der Waals surface area contributed by atoms with E-state index in [-0.39, 0.29) is 11.8 Å². The maximum Gasteiger partial charge on any atom is 0.127 e. The lowest BCUT2D eigenvalue weighted by Crippen LogP contribution is -2.21. The van der Waals surface area contributed by atoms with Crippen LogP contribution in [0.1, 0.15) is 40.6 Å². The number of pyridine rings is 1. The van der Waals surface area contributed by atoms with Crippen LogP contribution in [-0.2, 0) is 11.2 Å². The molecule has 0 amide bonds. The quantitative estimate of drug-likeness (QED) is 0.809. The lowest BCUT2D eigenvalue weighted by atomic mass is 9.75. The fraction of sp³-hybridized carbons (Fsp3) is 0.333. The number of nitrogens with zero attached hydrogens (tertiary/aromatic N) is 1. The third-order valence-corrected chi connectivity index (χ3v) is 4.38. The van der Waals surface area contributed by atoms with E-state index in [9.17, 15) is 4.79 Å². The summed E-state index contributed by atoms with van der Waals surface area (Å²) in [6.07, 6.45) is 4.58. The van der Waals surface area contributed by atoms with Crippen molar-refractivity contribution in [3.8, 4) is 5.75 Å². The van der Waals surface area contributed by atoms with Gasteiger partial charge in [-0.05, 0) is 54.5 Å². The van der Waals surface area contributed by atoms with Gasteiger partial charge in [0.1, 0.15) is 12.0 Å². The molecule has 1 aliphatic rings. The molecule has 0 radical (unpaired) electrons. The Morgan fingerprint density at radius 2 is 2.10 bits per heavy atom. The van der Waals surface area contributed by atoms with Gasteiger partial charge in [-0.2, -0.15) is 0 Å². The first-order valence-corrected chi connectivity index (χ1v) is 7.27. The van der Waals surface area contributed by atoms with Gasteiger partial charge in [0.2, 0.25) is 0 Å². The Morgan fingerprint density at radius 3 is 2.86 bits per heavy atom. The first-order valence-electron chi connectivity index (χ1n) is 7.27. The van der Waals surface area contributed by atoms with Gasteiger partial charge < -0.3 is 9.53 Å². The first-order chi connectivity index (χ1) is 10.2. The molecular weight excluding hydrogens is 262 g/mol. The van der Waals surface area contributed by atoms with Crippen LogP contribution >= 0.6 is 0 Å². The number of ether oxygens (including phenoxy) is 1. The van der Waals surface area contributed by atoms with E-state index in [1.54, 1.807) is 7.11 Å². The average Bonchev–Trinajstić information content (AvgIpc) is 2.54. The number of para-hydroxylation sites is 1. The molecule has 21 heavy (non-hydrogen) atoms. The summed E-state index contributed by atoms with van der Waals surface area (Å²) >= 11 is 0. The standard InChI is InChI=1S/C18H19NO2/c1-12-7-8-19-16-10-13(9-14(11-20)18(12)16)15-5-3-4-6-17(15)21-2/h3-8,11,13-14H,9-10H2,1-2H3. The second-order valence-electron chi connectivity index (χ2n) is 5.61. The van der Waals surface area contributed by atoms with Gasteiger partial charge in [-0.15, -0.1) is 0 Å². The number of methoxy groups -OCH3 is 1. The molecule has 1 aromatic carbocycles. The molecule has 0 bridgehead atoms. The van der Waals surface area contributed by atoms with Crippen molar-refractivity contribution in [3.05, 3.63) is 58.9 Å². The molecule has 3 rings (SSSR count). The molecule has 0 spiro atoms. The molecule has 108 valence electrons. The summed E-state index contributed by atoms with van der Waals surface area (Å²) in [4.78, 5) is 16.1. The molecule has 0 aliphatic heterocycles. The van der Waals surface area contributed by atoms with Crippen LogP contribution in [0.4, 0.5) is 0 Å². The topological polar surface area (TPSA) is 39.2 Å². The number of carbonyl (C=O) groups excluding carboxylic acids is 1. The zero-order chi connectivity index (χ0) is 14.8. The highest BCUT2D eigenvalue weighted by atomic mass is 16.5. The maximum atomic E-state index is 11.5. The average molecular weight is 281 g/mol. The number of fused-ring (bicyclic) bond motifs is 1. The number of aryl methyl sites for hydroxylation is 1. The number of aromatic nitrogens is 1. The van der Waals surface area contributed by atoms with Crippen LogP contribution in [0.3, 0.4) is 0 Å². The molecule has 3 nitrogen and oxygen atoms in total. The second kappa shape index (κ2) is 5.68. The van der Waals surface area contributed by atoms with Crippen molar-refractivity contribution in [2.45, 2.75) is 31.6 Å². The number of hydrogen-bond acceptors (Lipinski definition) is 3. The van der Waals surface area contributed by atoms with E-state index in [1.807, 2.05) is 30.5 Å². The molecule has 0 saturated carbocycles. The Labute approximate surface area is 125 Å². The van der Waals surface area contributed by atoms with Crippen molar-refractivity contribution in [2.75, 3.05) is 7.11 Å². The highest BCUT2D eigenvalue weighted by Gasteiger charge is 2.31. The molecule has 2 aromatic rings. The minimum Gasteiger partial charge on any atom is -0.496 e. The fourth-order valence-corrected chi connectivity index (χ4v) is 3.40. The summed E-state index contributed by atoms with van der Waals surface area (Å²) in [6, 6.07) is 10.0. The molecule has 1 aromatic heterocycles. The van der Waals surface area contributed by atoms with E-state index in [4.69, 9.17) is 4.74 Å². The monoisotopic (exact) mass is 281 g/mol.